The molecule has 0 spiro atoms. The van der Waals surface area contributed by atoms with Crippen LogP contribution in [-0.4, -0.2) is 25.5 Å². The molecule has 0 atom stereocenters. The van der Waals surface area contributed by atoms with Crippen molar-refractivity contribution in [3.8, 4) is 5.75 Å². The Morgan fingerprint density at radius 3 is 2.32 bits per heavy atom. The number of ether oxygens (including phenoxy) is 1. The van der Waals surface area contributed by atoms with Gasteiger partial charge in [0, 0.05) is 12.6 Å². The summed E-state index contributed by atoms with van der Waals surface area (Å²) in [6.07, 6.45) is 0.985. The molecule has 5 nitrogen and oxygen atoms in total. The summed E-state index contributed by atoms with van der Waals surface area (Å²) in [5.74, 6) is 0.809. The first-order chi connectivity index (χ1) is 12.0. The molecule has 2 N–H and O–H groups in total. The van der Waals surface area contributed by atoms with Crippen LogP contribution in [0.3, 0.4) is 0 Å². The van der Waals surface area contributed by atoms with E-state index in [1.54, 1.807) is 55.6 Å². The molecule has 2 rings (SSSR count). The SMILES string of the molecule is CNC(=O)c1ccccc1NC(=O)c1ccc(OCCC(C)C)cc1. The maximum absolute atomic E-state index is 12.4. The van der Waals surface area contributed by atoms with Gasteiger partial charge in [0.15, 0.2) is 0 Å². The fourth-order valence-electron chi connectivity index (χ4n) is 2.23. The maximum atomic E-state index is 12.4. The fraction of sp³-hybridized carbons (Fsp3) is 0.300. The van der Waals surface area contributed by atoms with Gasteiger partial charge < -0.3 is 15.4 Å². The van der Waals surface area contributed by atoms with Gasteiger partial charge >= 0.3 is 0 Å². The number of para-hydroxylation sites is 1. The predicted octanol–water partition coefficient (Wildman–Crippen LogP) is 3.72. The molecule has 0 saturated heterocycles. The van der Waals surface area contributed by atoms with Gasteiger partial charge in [-0.05, 0) is 48.7 Å². The van der Waals surface area contributed by atoms with Crippen LogP contribution in [0.15, 0.2) is 48.5 Å². The van der Waals surface area contributed by atoms with Gasteiger partial charge in [-0.25, -0.2) is 0 Å². The quantitative estimate of drug-likeness (QED) is 0.807. The molecule has 0 bridgehead atoms. The molecule has 2 amide bonds. The van der Waals surface area contributed by atoms with Crippen LogP contribution in [0.1, 0.15) is 41.0 Å². The molecule has 132 valence electrons. The van der Waals surface area contributed by atoms with Crippen LogP contribution in [0.25, 0.3) is 0 Å². The van der Waals surface area contributed by atoms with Crippen molar-refractivity contribution in [3.63, 3.8) is 0 Å². The van der Waals surface area contributed by atoms with Gasteiger partial charge in [-0.2, -0.15) is 0 Å². The standard InChI is InChI=1S/C20H24N2O3/c1-14(2)12-13-25-16-10-8-15(9-11-16)19(23)22-18-7-5-4-6-17(18)20(24)21-3/h4-11,14H,12-13H2,1-3H3,(H,21,24)(H,22,23). The van der Waals surface area contributed by atoms with Gasteiger partial charge in [0.05, 0.1) is 17.9 Å². The van der Waals surface area contributed by atoms with Crippen LogP contribution in [0.2, 0.25) is 0 Å². The third-order valence-electron chi connectivity index (χ3n) is 3.73. The predicted molar refractivity (Wildman–Crippen MR) is 99.2 cm³/mol. The number of hydrogen-bond acceptors (Lipinski definition) is 3. The van der Waals surface area contributed by atoms with E-state index in [9.17, 15) is 9.59 Å². The first-order valence-corrected chi connectivity index (χ1v) is 8.36. The number of anilines is 1. The van der Waals surface area contributed by atoms with Crippen molar-refractivity contribution in [2.75, 3.05) is 19.0 Å². The average molecular weight is 340 g/mol. The van der Waals surface area contributed by atoms with E-state index < -0.39 is 0 Å². The first-order valence-electron chi connectivity index (χ1n) is 8.36. The molecular weight excluding hydrogens is 316 g/mol. The number of carbonyl (C=O) groups is 2. The second-order valence-corrected chi connectivity index (χ2v) is 6.13. The monoisotopic (exact) mass is 340 g/mol. The minimum Gasteiger partial charge on any atom is -0.494 e. The number of benzene rings is 2. The molecule has 0 saturated carbocycles. The second-order valence-electron chi connectivity index (χ2n) is 6.13. The molecule has 0 aromatic heterocycles. The third-order valence-corrected chi connectivity index (χ3v) is 3.73. The second kappa shape index (κ2) is 8.87. The Bertz CT molecular complexity index is 724. The maximum Gasteiger partial charge on any atom is 0.255 e. The lowest BCUT2D eigenvalue weighted by Crippen LogP contribution is -2.21. The molecule has 0 aliphatic rings. The summed E-state index contributed by atoms with van der Waals surface area (Å²) in [6.45, 7) is 4.95. The van der Waals surface area contributed by atoms with E-state index in [1.807, 2.05) is 0 Å². The minimum absolute atomic E-state index is 0.246. The van der Waals surface area contributed by atoms with E-state index in [-0.39, 0.29) is 11.8 Å². The fourth-order valence-corrected chi connectivity index (χ4v) is 2.23. The van der Waals surface area contributed by atoms with Gasteiger partial charge in [0.25, 0.3) is 11.8 Å². The zero-order valence-corrected chi connectivity index (χ0v) is 14.8. The summed E-state index contributed by atoms with van der Waals surface area (Å²) in [5, 5.41) is 5.34. The highest BCUT2D eigenvalue weighted by Crippen LogP contribution is 2.18. The lowest BCUT2D eigenvalue weighted by molar-refractivity contribution is 0.0964. The van der Waals surface area contributed by atoms with Crippen LogP contribution in [0, 0.1) is 5.92 Å². The van der Waals surface area contributed by atoms with E-state index in [1.165, 1.54) is 0 Å². The molecule has 0 radical (unpaired) electrons. The van der Waals surface area contributed by atoms with Crippen molar-refractivity contribution in [1.82, 2.24) is 5.32 Å². The van der Waals surface area contributed by atoms with Crippen molar-refractivity contribution in [2.24, 2.45) is 5.92 Å². The lowest BCUT2D eigenvalue weighted by atomic mass is 10.1. The molecule has 0 aliphatic carbocycles. The molecule has 0 heterocycles. The zero-order chi connectivity index (χ0) is 18.2. The molecule has 2 aromatic carbocycles. The van der Waals surface area contributed by atoms with E-state index in [2.05, 4.69) is 24.5 Å². The van der Waals surface area contributed by atoms with Crippen LogP contribution in [0.5, 0.6) is 5.75 Å². The van der Waals surface area contributed by atoms with Crippen molar-refractivity contribution in [2.45, 2.75) is 20.3 Å². The average Bonchev–Trinajstić information content (AvgIpc) is 2.61. The van der Waals surface area contributed by atoms with Crippen LogP contribution >= 0.6 is 0 Å². The number of amides is 2. The highest BCUT2D eigenvalue weighted by atomic mass is 16.5. The van der Waals surface area contributed by atoms with E-state index in [0.717, 1.165) is 12.2 Å². The summed E-state index contributed by atoms with van der Waals surface area (Å²) in [6, 6.07) is 13.9. The molecular formula is C20H24N2O3. The number of rotatable bonds is 7. The molecule has 0 unspecified atom stereocenters. The summed E-state index contributed by atoms with van der Waals surface area (Å²) < 4.78 is 5.65. The minimum atomic E-state index is -0.273. The van der Waals surface area contributed by atoms with Gasteiger partial charge in [0.2, 0.25) is 0 Å². The van der Waals surface area contributed by atoms with E-state index in [4.69, 9.17) is 4.74 Å². The zero-order valence-electron chi connectivity index (χ0n) is 14.8. The Kier molecular flexibility index (Phi) is 6.57. The lowest BCUT2D eigenvalue weighted by Gasteiger charge is -2.11. The first kappa shape index (κ1) is 18.5. The van der Waals surface area contributed by atoms with Crippen molar-refractivity contribution < 1.29 is 14.3 Å². The Labute approximate surface area is 148 Å². The molecule has 2 aromatic rings. The van der Waals surface area contributed by atoms with Crippen molar-refractivity contribution >= 4 is 17.5 Å². The Balaban J connectivity index is 2.03. The molecule has 0 aliphatic heterocycles. The highest BCUT2D eigenvalue weighted by molar-refractivity contribution is 6.08. The van der Waals surface area contributed by atoms with Crippen molar-refractivity contribution in [3.05, 3.63) is 59.7 Å². The number of carbonyl (C=O) groups excluding carboxylic acids is 2. The van der Waals surface area contributed by atoms with Gasteiger partial charge in [-0.3, -0.25) is 9.59 Å². The Morgan fingerprint density at radius 1 is 1.00 bits per heavy atom. The van der Waals surface area contributed by atoms with Crippen LogP contribution < -0.4 is 15.4 Å². The molecule has 0 fully saturated rings. The van der Waals surface area contributed by atoms with E-state index >= 15 is 0 Å². The van der Waals surface area contributed by atoms with E-state index in [0.29, 0.717) is 29.3 Å². The highest BCUT2D eigenvalue weighted by Gasteiger charge is 2.13. The summed E-state index contributed by atoms with van der Waals surface area (Å²) in [7, 11) is 1.55. The van der Waals surface area contributed by atoms with Crippen molar-refractivity contribution in [1.29, 1.82) is 0 Å². The summed E-state index contributed by atoms with van der Waals surface area (Å²) >= 11 is 0. The number of hydrogen-bond donors (Lipinski definition) is 2. The Hall–Kier alpha value is -2.82. The van der Waals surface area contributed by atoms with Crippen LogP contribution in [0.4, 0.5) is 5.69 Å². The smallest absolute Gasteiger partial charge is 0.255 e. The summed E-state index contributed by atoms with van der Waals surface area (Å²) in [5.41, 5.74) is 1.40. The molecule has 5 heteroatoms. The van der Waals surface area contributed by atoms with Gasteiger partial charge in [0.1, 0.15) is 5.75 Å². The van der Waals surface area contributed by atoms with Crippen LogP contribution in [-0.2, 0) is 0 Å². The Morgan fingerprint density at radius 2 is 1.68 bits per heavy atom. The topological polar surface area (TPSA) is 67.4 Å². The normalized spacial score (nSPS) is 10.4. The number of nitrogens with one attached hydrogen (secondary N) is 2. The van der Waals surface area contributed by atoms with Gasteiger partial charge in [-0.1, -0.05) is 26.0 Å². The third kappa shape index (κ3) is 5.35. The summed E-state index contributed by atoms with van der Waals surface area (Å²) in [4.78, 5) is 24.3. The largest absolute Gasteiger partial charge is 0.494 e. The van der Waals surface area contributed by atoms with Gasteiger partial charge in [-0.15, -0.1) is 0 Å². The molecule has 25 heavy (non-hydrogen) atoms.